The van der Waals surface area contributed by atoms with E-state index in [9.17, 15) is 4.79 Å². The maximum atomic E-state index is 12.8. The number of hydrogen-bond acceptors (Lipinski definition) is 6. The number of aromatic nitrogens is 5. The molecule has 4 aromatic heterocycles. The van der Waals surface area contributed by atoms with Crippen molar-refractivity contribution in [1.82, 2.24) is 24.3 Å². The fraction of sp³-hybridized carbons (Fsp3) is 0.429. The van der Waals surface area contributed by atoms with Crippen LogP contribution in [0, 0.1) is 26.7 Å². The highest BCUT2D eigenvalue weighted by atomic mass is 32.2. The lowest BCUT2D eigenvalue weighted by Crippen LogP contribution is -2.11. The first-order valence-electron chi connectivity index (χ1n) is 9.83. The van der Waals surface area contributed by atoms with E-state index in [1.165, 1.54) is 16.6 Å². The van der Waals surface area contributed by atoms with Gasteiger partial charge < -0.3 is 4.98 Å². The lowest BCUT2D eigenvalue weighted by molar-refractivity contribution is 0.561. The second-order valence-electron chi connectivity index (χ2n) is 7.64. The average molecular weight is 428 g/mol. The van der Waals surface area contributed by atoms with E-state index in [2.05, 4.69) is 35.7 Å². The molecular weight excluding hydrogens is 402 g/mol. The zero-order valence-corrected chi connectivity index (χ0v) is 19.0. The summed E-state index contributed by atoms with van der Waals surface area (Å²) in [6.07, 6.45) is 4.02. The van der Waals surface area contributed by atoms with Gasteiger partial charge in [-0.05, 0) is 44.7 Å². The van der Waals surface area contributed by atoms with Crippen molar-refractivity contribution >= 4 is 39.1 Å². The second kappa shape index (κ2) is 7.91. The summed E-state index contributed by atoms with van der Waals surface area (Å²) in [6.45, 7) is 10.5. The molecule has 1 atom stereocenters. The molecule has 0 aliphatic carbocycles. The maximum absolute atomic E-state index is 12.8. The molecule has 0 aromatic carbocycles. The van der Waals surface area contributed by atoms with Crippen molar-refractivity contribution in [1.29, 1.82) is 0 Å². The van der Waals surface area contributed by atoms with Crippen molar-refractivity contribution in [2.45, 2.75) is 58.4 Å². The van der Waals surface area contributed by atoms with E-state index < -0.39 is 0 Å². The summed E-state index contributed by atoms with van der Waals surface area (Å²) in [7, 11) is 0. The summed E-state index contributed by atoms with van der Waals surface area (Å²) in [5.41, 5.74) is 4.09. The van der Waals surface area contributed by atoms with Gasteiger partial charge in [-0.3, -0.25) is 9.20 Å². The summed E-state index contributed by atoms with van der Waals surface area (Å²) in [5, 5.41) is 1.40. The van der Waals surface area contributed by atoms with E-state index >= 15 is 0 Å². The van der Waals surface area contributed by atoms with Crippen LogP contribution in [-0.4, -0.2) is 24.3 Å². The third-order valence-corrected chi connectivity index (χ3v) is 7.21. The van der Waals surface area contributed by atoms with Crippen molar-refractivity contribution in [2.24, 2.45) is 5.92 Å². The molecule has 4 heterocycles. The van der Waals surface area contributed by atoms with Gasteiger partial charge >= 0.3 is 0 Å². The maximum Gasteiger partial charge on any atom is 0.260 e. The molecule has 0 bridgehead atoms. The van der Waals surface area contributed by atoms with Gasteiger partial charge in [0.2, 0.25) is 5.78 Å². The Labute approximate surface area is 177 Å². The number of nitrogens with one attached hydrogen (secondary N) is 1. The lowest BCUT2D eigenvalue weighted by atomic mass is 9.98. The Balaban J connectivity index is 1.60. The molecule has 0 saturated heterocycles. The van der Waals surface area contributed by atoms with Crippen molar-refractivity contribution in [2.75, 3.05) is 0 Å². The standard InChI is InChI=1S/C21H25N5OS2/c1-6-11(2)7-16-14(5)29-19-17(16)18(27)24-21(25-19)28-10-15-9-26-13(4)8-12(3)22-20(26)23-15/h8-9,11H,6-7,10H2,1-5H3,(H,24,25,27). The van der Waals surface area contributed by atoms with Crippen LogP contribution >= 0.6 is 23.1 Å². The predicted octanol–water partition coefficient (Wildman–Crippen LogP) is 4.83. The van der Waals surface area contributed by atoms with E-state index in [0.29, 0.717) is 22.6 Å². The van der Waals surface area contributed by atoms with Crippen LogP contribution in [0.25, 0.3) is 16.0 Å². The molecule has 0 radical (unpaired) electrons. The number of hydrogen-bond donors (Lipinski definition) is 1. The number of nitrogens with zero attached hydrogens (tertiary/aromatic N) is 4. The Morgan fingerprint density at radius 2 is 2.03 bits per heavy atom. The third kappa shape index (κ3) is 3.96. The van der Waals surface area contributed by atoms with Crippen molar-refractivity contribution in [3.63, 3.8) is 0 Å². The van der Waals surface area contributed by atoms with Crippen LogP contribution in [0.1, 0.15) is 47.8 Å². The van der Waals surface area contributed by atoms with Crippen molar-refractivity contribution in [3.05, 3.63) is 50.1 Å². The summed E-state index contributed by atoms with van der Waals surface area (Å²) < 4.78 is 1.99. The summed E-state index contributed by atoms with van der Waals surface area (Å²) in [6, 6.07) is 2.04. The molecule has 6 nitrogen and oxygen atoms in total. The summed E-state index contributed by atoms with van der Waals surface area (Å²) >= 11 is 3.11. The minimum atomic E-state index is -0.0386. The monoisotopic (exact) mass is 427 g/mol. The molecule has 4 rings (SSSR count). The Kier molecular flexibility index (Phi) is 5.48. The molecule has 8 heteroatoms. The highest BCUT2D eigenvalue weighted by molar-refractivity contribution is 7.98. The molecule has 4 aromatic rings. The zero-order chi connectivity index (χ0) is 20.7. The molecule has 29 heavy (non-hydrogen) atoms. The SMILES string of the molecule is CCC(C)Cc1c(C)sc2nc(SCc3cn4c(C)cc(C)nc4n3)[nH]c(=O)c12. The van der Waals surface area contributed by atoms with Crippen LogP contribution in [0.2, 0.25) is 0 Å². The van der Waals surface area contributed by atoms with Gasteiger partial charge in [0.25, 0.3) is 5.56 Å². The first-order chi connectivity index (χ1) is 13.9. The van der Waals surface area contributed by atoms with E-state index in [0.717, 1.165) is 45.7 Å². The number of aryl methyl sites for hydroxylation is 3. The molecular formula is C21H25N5OS2. The molecule has 0 fully saturated rings. The summed E-state index contributed by atoms with van der Waals surface area (Å²) in [5.74, 6) is 1.88. The van der Waals surface area contributed by atoms with Gasteiger partial charge in [0.05, 0.1) is 11.1 Å². The first-order valence-corrected chi connectivity index (χ1v) is 11.6. The Bertz CT molecular complexity index is 1250. The fourth-order valence-corrected chi connectivity index (χ4v) is 5.35. The van der Waals surface area contributed by atoms with E-state index in [1.54, 1.807) is 11.3 Å². The van der Waals surface area contributed by atoms with Gasteiger partial charge in [-0.25, -0.2) is 15.0 Å². The minimum absolute atomic E-state index is 0.0386. The number of aromatic amines is 1. The van der Waals surface area contributed by atoms with E-state index in [4.69, 9.17) is 4.98 Å². The topological polar surface area (TPSA) is 75.9 Å². The number of fused-ring (bicyclic) bond motifs is 2. The molecule has 1 N–H and O–H groups in total. The van der Waals surface area contributed by atoms with E-state index in [1.807, 2.05) is 30.5 Å². The van der Waals surface area contributed by atoms with Crippen LogP contribution < -0.4 is 5.56 Å². The molecule has 0 aliphatic rings. The summed E-state index contributed by atoms with van der Waals surface area (Å²) in [4.78, 5) is 31.6. The molecule has 0 aliphatic heterocycles. The van der Waals surface area contributed by atoms with Crippen LogP contribution in [0.15, 0.2) is 22.2 Å². The molecule has 1 unspecified atom stereocenters. The Hall–Kier alpha value is -2.19. The van der Waals surface area contributed by atoms with Gasteiger partial charge in [-0.2, -0.15) is 0 Å². The van der Waals surface area contributed by atoms with Gasteiger partial charge in [0, 0.05) is 28.2 Å². The molecule has 0 spiro atoms. The highest BCUT2D eigenvalue weighted by Crippen LogP contribution is 2.31. The third-order valence-electron chi connectivity index (χ3n) is 5.26. The number of thioether (sulfide) groups is 1. The number of rotatable bonds is 6. The fourth-order valence-electron chi connectivity index (χ4n) is 3.49. The van der Waals surface area contributed by atoms with Crippen molar-refractivity contribution < 1.29 is 0 Å². The molecule has 152 valence electrons. The quantitative estimate of drug-likeness (QED) is 0.352. The van der Waals surface area contributed by atoms with Crippen molar-refractivity contribution in [3.8, 4) is 0 Å². The lowest BCUT2D eigenvalue weighted by Gasteiger charge is -2.08. The van der Waals surface area contributed by atoms with Gasteiger partial charge in [0.15, 0.2) is 5.16 Å². The van der Waals surface area contributed by atoms with Gasteiger partial charge in [-0.1, -0.05) is 32.0 Å². The number of H-pyrrole nitrogens is 1. The van der Waals surface area contributed by atoms with Crippen LogP contribution in [0.5, 0.6) is 0 Å². The predicted molar refractivity (Wildman–Crippen MR) is 120 cm³/mol. The zero-order valence-electron chi connectivity index (χ0n) is 17.4. The number of imidazole rings is 1. The highest BCUT2D eigenvalue weighted by Gasteiger charge is 2.17. The van der Waals surface area contributed by atoms with Crippen LogP contribution in [0.4, 0.5) is 0 Å². The average Bonchev–Trinajstić information content (AvgIpc) is 3.21. The smallest absolute Gasteiger partial charge is 0.260 e. The van der Waals surface area contributed by atoms with Crippen LogP contribution in [-0.2, 0) is 12.2 Å². The number of thiophene rings is 1. The first kappa shape index (κ1) is 20.1. The van der Waals surface area contributed by atoms with Crippen LogP contribution in [0.3, 0.4) is 0 Å². The molecule has 0 saturated carbocycles. The Morgan fingerprint density at radius 3 is 2.79 bits per heavy atom. The normalized spacial score (nSPS) is 12.9. The Morgan fingerprint density at radius 1 is 1.24 bits per heavy atom. The second-order valence-corrected chi connectivity index (χ2v) is 9.80. The van der Waals surface area contributed by atoms with E-state index in [-0.39, 0.29) is 5.56 Å². The molecule has 0 amide bonds. The van der Waals surface area contributed by atoms with Gasteiger partial charge in [0.1, 0.15) is 4.83 Å². The van der Waals surface area contributed by atoms with Gasteiger partial charge in [-0.15, -0.1) is 11.3 Å². The minimum Gasteiger partial charge on any atom is -0.301 e. The largest absolute Gasteiger partial charge is 0.301 e.